The Hall–Kier alpha value is -2.24. The third-order valence-electron chi connectivity index (χ3n) is 5.34. The summed E-state index contributed by atoms with van der Waals surface area (Å²) in [7, 11) is -1.94. The molecule has 0 aliphatic carbocycles. The van der Waals surface area contributed by atoms with Gasteiger partial charge in [-0.25, -0.2) is 9.78 Å². The fourth-order valence-electron chi connectivity index (χ4n) is 2.46. The lowest BCUT2D eigenvalue weighted by Crippen LogP contribution is -2.43. The van der Waals surface area contributed by atoms with Crippen molar-refractivity contribution >= 4 is 14.3 Å². The maximum absolute atomic E-state index is 12.5. The van der Waals surface area contributed by atoms with Crippen molar-refractivity contribution in [3.05, 3.63) is 78.1 Å². The summed E-state index contributed by atoms with van der Waals surface area (Å²) in [6.07, 6.45) is 6.99. The van der Waals surface area contributed by atoms with Gasteiger partial charge in [-0.1, -0.05) is 63.2 Å². The number of ether oxygens (including phenoxy) is 1. The smallest absolute Gasteiger partial charge is 0.357 e. The fourth-order valence-corrected chi connectivity index (χ4v) is 3.47. The first-order chi connectivity index (χ1) is 13.7. The molecule has 2 rings (SSSR count). The average molecular weight is 412 g/mol. The van der Waals surface area contributed by atoms with Gasteiger partial charge in [0.25, 0.3) is 0 Å². The summed E-state index contributed by atoms with van der Waals surface area (Å²) >= 11 is 0. The molecule has 0 bridgehead atoms. The van der Waals surface area contributed by atoms with Crippen molar-refractivity contribution in [2.75, 3.05) is 6.61 Å². The number of hydrogen-bond donors (Lipinski definition) is 0. The summed E-state index contributed by atoms with van der Waals surface area (Å²) in [5.74, 6) is -0.429. The highest BCUT2D eigenvalue weighted by Crippen LogP contribution is 2.36. The molecule has 0 unspecified atom stereocenters. The zero-order valence-electron chi connectivity index (χ0n) is 18.2. The van der Waals surface area contributed by atoms with Crippen molar-refractivity contribution in [1.82, 2.24) is 4.98 Å². The second-order valence-electron chi connectivity index (χ2n) is 8.68. The van der Waals surface area contributed by atoms with Crippen molar-refractivity contribution in [3.63, 3.8) is 0 Å². The van der Waals surface area contributed by atoms with Gasteiger partial charge >= 0.3 is 5.97 Å². The minimum Gasteiger partial charge on any atom is -0.451 e. The van der Waals surface area contributed by atoms with Crippen LogP contribution in [0.15, 0.2) is 66.9 Å². The molecule has 0 saturated carbocycles. The van der Waals surface area contributed by atoms with E-state index in [1.165, 1.54) is 5.56 Å². The number of carbonyl (C=O) groups is 1. The minimum atomic E-state index is -1.94. The van der Waals surface area contributed by atoms with E-state index in [0.717, 1.165) is 12.8 Å². The molecule has 5 heteroatoms. The maximum atomic E-state index is 12.5. The van der Waals surface area contributed by atoms with Gasteiger partial charge in [0.15, 0.2) is 8.32 Å². The Morgan fingerprint density at radius 3 is 2.41 bits per heavy atom. The summed E-state index contributed by atoms with van der Waals surface area (Å²) in [6.45, 7) is 11.3. The number of allylic oxidation sites excluding steroid dienone is 1. The summed E-state index contributed by atoms with van der Waals surface area (Å²) in [4.78, 5) is 16.6. The number of aryl methyl sites for hydroxylation is 1. The van der Waals surface area contributed by atoms with Crippen molar-refractivity contribution in [2.24, 2.45) is 0 Å². The molecule has 1 atom stereocenters. The normalized spacial score (nSPS) is 13.4. The largest absolute Gasteiger partial charge is 0.451 e. The van der Waals surface area contributed by atoms with Crippen LogP contribution in [0.3, 0.4) is 0 Å². The van der Waals surface area contributed by atoms with E-state index in [0.29, 0.717) is 12.3 Å². The third kappa shape index (κ3) is 7.59. The van der Waals surface area contributed by atoms with Gasteiger partial charge in [-0.05, 0) is 54.7 Å². The Morgan fingerprint density at radius 2 is 1.79 bits per heavy atom. The van der Waals surface area contributed by atoms with E-state index in [1.807, 2.05) is 24.3 Å². The highest BCUT2D eigenvalue weighted by Gasteiger charge is 2.37. The maximum Gasteiger partial charge on any atom is 0.357 e. The second kappa shape index (κ2) is 10.5. The van der Waals surface area contributed by atoms with Crippen LogP contribution < -0.4 is 0 Å². The number of rotatable bonds is 9. The molecule has 0 amide bonds. The van der Waals surface area contributed by atoms with Gasteiger partial charge in [0.2, 0.25) is 0 Å². The fraction of sp³-hybridized carbons (Fsp3) is 0.417. The molecule has 1 aromatic carbocycles. The zero-order valence-corrected chi connectivity index (χ0v) is 19.2. The van der Waals surface area contributed by atoms with E-state index in [-0.39, 0.29) is 5.04 Å². The molecule has 29 heavy (non-hydrogen) atoms. The Kier molecular flexibility index (Phi) is 8.35. The second-order valence-corrected chi connectivity index (χ2v) is 13.5. The van der Waals surface area contributed by atoms with Crippen molar-refractivity contribution in [2.45, 2.75) is 57.8 Å². The summed E-state index contributed by atoms with van der Waals surface area (Å²) in [6, 6.07) is 15.6. The lowest BCUT2D eigenvalue weighted by molar-refractivity contribution is 0.0278. The Balaban J connectivity index is 2.01. The van der Waals surface area contributed by atoms with Crippen molar-refractivity contribution < 1.29 is 14.0 Å². The number of pyridine rings is 1. The van der Waals surface area contributed by atoms with Crippen LogP contribution >= 0.6 is 0 Å². The number of hydrogen-bond acceptors (Lipinski definition) is 4. The summed E-state index contributed by atoms with van der Waals surface area (Å²) < 4.78 is 12.0. The predicted octanol–water partition coefficient (Wildman–Crippen LogP) is 5.82. The van der Waals surface area contributed by atoms with Crippen molar-refractivity contribution in [1.29, 1.82) is 0 Å². The number of esters is 1. The standard InChI is InChI=1S/C24H33NO3Si/c1-24(2,3)29(4,5)27-19-21(28-23(26)22-17-11-12-18-25-22)16-10-9-15-20-13-7-6-8-14-20/h6-8,10-14,16-18,21H,9,15,19H2,1-5H3/b16-10+/t21-/m0/s1. The molecule has 4 nitrogen and oxygen atoms in total. The average Bonchev–Trinajstić information content (AvgIpc) is 2.69. The van der Waals surface area contributed by atoms with E-state index in [1.54, 1.807) is 24.4 Å². The monoisotopic (exact) mass is 411 g/mol. The molecule has 0 fully saturated rings. The van der Waals surface area contributed by atoms with E-state index in [2.05, 4.69) is 57.1 Å². The van der Waals surface area contributed by atoms with Crippen LogP contribution in [0.5, 0.6) is 0 Å². The van der Waals surface area contributed by atoms with E-state index < -0.39 is 20.4 Å². The van der Waals surface area contributed by atoms with E-state index >= 15 is 0 Å². The van der Waals surface area contributed by atoms with Gasteiger partial charge < -0.3 is 9.16 Å². The van der Waals surface area contributed by atoms with Gasteiger partial charge in [-0.2, -0.15) is 0 Å². The quantitative estimate of drug-likeness (QED) is 0.296. The number of nitrogens with zero attached hydrogens (tertiary/aromatic N) is 1. The van der Waals surface area contributed by atoms with Gasteiger partial charge in [0.05, 0.1) is 6.61 Å². The first kappa shape index (κ1) is 23.0. The molecule has 0 N–H and O–H groups in total. The zero-order chi connectivity index (χ0) is 21.3. The Labute approximate surface area is 176 Å². The SMILES string of the molecule is CC(C)(C)[Si](C)(C)OC[C@H](/C=C/CCc1ccccc1)OC(=O)c1ccccn1. The Bertz CT molecular complexity index is 783. The first-order valence-corrected chi connectivity index (χ1v) is 13.1. The number of carbonyl (C=O) groups excluding carboxylic acids is 1. The molecule has 0 radical (unpaired) electrons. The van der Waals surface area contributed by atoms with Crippen LogP contribution in [0.25, 0.3) is 0 Å². The summed E-state index contributed by atoms with van der Waals surface area (Å²) in [5.41, 5.74) is 1.60. The molecule has 0 saturated heterocycles. The van der Waals surface area contributed by atoms with Crippen LogP contribution in [0.1, 0.15) is 43.2 Å². The minimum absolute atomic E-state index is 0.0968. The van der Waals surface area contributed by atoms with E-state index in [4.69, 9.17) is 9.16 Å². The van der Waals surface area contributed by atoms with E-state index in [9.17, 15) is 4.79 Å². The molecule has 0 spiro atoms. The topological polar surface area (TPSA) is 48.4 Å². The van der Waals surface area contributed by atoms with Crippen molar-refractivity contribution in [3.8, 4) is 0 Å². The van der Waals surface area contributed by atoms with Crippen LogP contribution in [0, 0.1) is 0 Å². The summed E-state index contributed by atoms with van der Waals surface area (Å²) in [5, 5.41) is 0.0968. The van der Waals surface area contributed by atoms with Crippen LogP contribution in [-0.2, 0) is 15.6 Å². The lowest BCUT2D eigenvalue weighted by atomic mass is 10.1. The molecule has 2 aromatic rings. The van der Waals surface area contributed by atoms with Crippen LogP contribution in [0.4, 0.5) is 0 Å². The highest BCUT2D eigenvalue weighted by molar-refractivity contribution is 6.74. The molecule has 156 valence electrons. The van der Waals surface area contributed by atoms with Crippen LogP contribution in [0.2, 0.25) is 18.1 Å². The highest BCUT2D eigenvalue weighted by atomic mass is 28.4. The number of aromatic nitrogens is 1. The molecule has 1 aromatic heterocycles. The molecular weight excluding hydrogens is 378 g/mol. The van der Waals surface area contributed by atoms with Gasteiger partial charge in [-0.15, -0.1) is 0 Å². The Morgan fingerprint density at radius 1 is 1.10 bits per heavy atom. The molecular formula is C24H33NO3Si. The van der Waals surface area contributed by atoms with Gasteiger partial charge in [0, 0.05) is 6.20 Å². The predicted molar refractivity (Wildman–Crippen MR) is 120 cm³/mol. The first-order valence-electron chi connectivity index (χ1n) is 10.2. The third-order valence-corrected chi connectivity index (χ3v) is 9.84. The molecule has 0 aliphatic heterocycles. The molecule has 1 heterocycles. The van der Waals surface area contributed by atoms with Gasteiger partial charge in [0.1, 0.15) is 11.8 Å². The number of benzene rings is 1. The lowest BCUT2D eigenvalue weighted by Gasteiger charge is -2.36. The molecule has 0 aliphatic rings. The van der Waals surface area contributed by atoms with Crippen LogP contribution in [-0.4, -0.2) is 32.0 Å². The van der Waals surface area contributed by atoms with Gasteiger partial charge in [-0.3, -0.25) is 0 Å².